The van der Waals surface area contributed by atoms with Crippen molar-refractivity contribution in [3.05, 3.63) is 48.4 Å². The third kappa shape index (κ3) is 3.25. The highest BCUT2D eigenvalue weighted by atomic mass is 35.5. The SMILES string of the molecule is OC(CCl)Cc1ccc(-c2cnccn2)cc1. The minimum atomic E-state index is -0.487. The molecule has 2 aromatic rings. The lowest BCUT2D eigenvalue weighted by Gasteiger charge is -2.07. The van der Waals surface area contributed by atoms with Crippen LogP contribution >= 0.6 is 11.6 Å². The van der Waals surface area contributed by atoms with Gasteiger partial charge in [0.15, 0.2) is 0 Å². The Morgan fingerprint density at radius 1 is 1.18 bits per heavy atom. The number of benzene rings is 1. The number of aliphatic hydroxyl groups is 1. The Bertz CT molecular complexity index is 459. The summed E-state index contributed by atoms with van der Waals surface area (Å²) in [5.74, 6) is 0.256. The summed E-state index contributed by atoms with van der Waals surface area (Å²) < 4.78 is 0. The Kier molecular flexibility index (Phi) is 4.07. The maximum absolute atomic E-state index is 9.44. The molecule has 0 radical (unpaired) electrons. The number of halogens is 1. The molecule has 1 aromatic heterocycles. The van der Waals surface area contributed by atoms with E-state index >= 15 is 0 Å². The Morgan fingerprint density at radius 3 is 2.53 bits per heavy atom. The lowest BCUT2D eigenvalue weighted by molar-refractivity contribution is 0.199. The number of aromatic nitrogens is 2. The van der Waals surface area contributed by atoms with Crippen molar-refractivity contribution in [2.45, 2.75) is 12.5 Å². The van der Waals surface area contributed by atoms with Gasteiger partial charge in [-0.15, -0.1) is 11.6 Å². The smallest absolute Gasteiger partial charge is 0.0885 e. The van der Waals surface area contributed by atoms with E-state index in [1.807, 2.05) is 24.3 Å². The van der Waals surface area contributed by atoms with Crippen molar-refractivity contribution in [1.29, 1.82) is 0 Å². The zero-order valence-corrected chi connectivity index (χ0v) is 10.0. The third-order valence-corrected chi connectivity index (χ3v) is 2.82. The first-order valence-electron chi connectivity index (χ1n) is 5.39. The molecule has 88 valence electrons. The van der Waals surface area contributed by atoms with Gasteiger partial charge in [0, 0.05) is 23.8 Å². The fourth-order valence-electron chi connectivity index (χ4n) is 1.59. The number of aliphatic hydroxyl groups excluding tert-OH is 1. The predicted molar refractivity (Wildman–Crippen MR) is 67.9 cm³/mol. The molecule has 0 aliphatic rings. The molecule has 3 nitrogen and oxygen atoms in total. The summed E-state index contributed by atoms with van der Waals surface area (Å²) in [5.41, 5.74) is 2.92. The zero-order chi connectivity index (χ0) is 12.1. The van der Waals surface area contributed by atoms with Crippen LogP contribution in [0.2, 0.25) is 0 Å². The molecule has 17 heavy (non-hydrogen) atoms. The monoisotopic (exact) mass is 248 g/mol. The summed E-state index contributed by atoms with van der Waals surface area (Å²) in [6.07, 6.45) is 5.13. The number of alkyl halides is 1. The predicted octanol–water partition coefficient (Wildman–Crippen LogP) is 2.29. The quantitative estimate of drug-likeness (QED) is 0.845. The molecule has 1 atom stereocenters. The van der Waals surface area contributed by atoms with E-state index in [9.17, 15) is 5.11 Å². The number of hydrogen-bond donors (Lipinski definition) is 1. The van der Waals surface area contributed by atoms with E-state index in [2.05, 4.69) is 9.97 Å². The molecule has 0 bridgehead atoms. The molecule has 1 heterocycles. The summed E-state index contributed by atoms with van der Waals surface area (Å²) in [5, 5.41) is 9.44. The fraction of sp³-hybridized carbons (Fsp3) is 0.231. The fourth-order valence-corrected chi connectivity index (χ4v) is 1.70. The van der Waals surface area contributed by atoms with Crippen molar-refractivity contribution >= 4 is 11.6 Å². The van der Waals surface area contributed by atoms with E-state index in [1.165, 1.54) is 0 Å². The maximum atomic E-state index is 9.44. The first-order valence-corrected chi connectivity index (χ1v) is 5.92. The Morgan fingerprint density at radius 2 is 1.94 bits per heavy atom. The zero-order valence-electron chi connectivity index (χ0n) is 9.25. The molecule has 0 fully saturated rings. The van der Waals surface area contributed by atoms with Gasteiger partial charge in [-0.1, -0.05) is 24.3 Å². The Hall–Kier alpha value is -1.45. The van der Waals surface area contributed by atoms with E-state index in [1.54, 1.807) is 18.6 Å². The summed E-state index contributed by atoms with van der Waals surface area (Å²) >= 11 is 5.56. The highest BCUT2D eigenvalue weighted by Crippen LogP contribution is 2.16. The van der Waals surface area contributed by atoms with Gasteiger partial charge in [-0.05, 0) is 12.0 Å². The molecule has 0 aliphatic heterocycles. The van der Waals surface area contributed by atoms with Gasteiger partial charge in [-0.25, -0.2) is 0 Å². The van der Waals surface area contributed by atoms with E-state index < -0.39 is 6.10 Å². The van der Waals surface area contributed by atoms with Crippen molar-refractivity contribution in [3.8, 4) is 11.3 Å². The van der Waals surface area contributed by atoms with E-state index in [0.29, 0.717) is 6.42 Å². The van der Waals surface area contributed by atoms with E-state index in [-0.39, 0.29) is 5.88 Å². The first-order chi connectivity index (χ1) is 8.29. The van der Waals surface area contributed by atoms with Crippen LogP contribution in [0.1, 0.15) is 5.56 Å². The Balaban J connectivity index is 2.13. The minimum Gasteiger partial charge on any atom is -0.392 e. The summed E-state index contributed by atoms with van der Waals surface area (Å²) in [4.78, 5) is 8.25. The normalized spacial score (nSPS) is 12.4. The van der Waals surface area contributed by atoms with Gasteiger partial charge >= 0.3 is 0 Å². The average molecular weight is 249 g/mol. The van der Waals surface area contributed by atoms with Crippen LogP contribution in [0.5, 0.6) is 0 Å². The van der Waals surface area contributed by atoms with Crippen LogP contribution in [0.4, 0.5) is 0 Å². The van der Waals surface area contributed by atoms with Crippen molar-refractivity contribution in [2.24, 2.45) is 0 Å². The lowest BCUT2D eigenvalue weighted by atomic mass is 10.1. The largest absolute Gasteiger partial charge is 0.392 e. The second-order valence-corrected chi connectivity index (χ2v) is 4.11. The highest BCUT2D eigenvalue weighted by Gasteiger charge is 2.04. The first kappa shape index (κ1) is 12.0. The van der Waals surface area contributed by atoms with Crippen LogP contribution in [-0.2, 0) is 6.42 Å². The van der Waals surface area contributed by atoms with Gasteiger partial charge in [0.25, 0.3) is 0 Å². The standard InChI is InChI=1S/C13H13ClN2O/c14-8-12(17)7-10-1-3-11(4-2-10)13-9-15-5-6-16-13/h1-6,9,12,17H,7-8H2. The molecule has 1 aromatic carbocycles. The van der Waals surface area contributed by atoms with Crippen molar-refractivity contribution < 1.29 is 5.11 Å². The molecule has 4 heteroatoms. The van der Waals surface area contributed by atoms with Gasteiger partial charge < -0.3 is 5.11 Å². The second kappa shape index (κ2) is 5.75. The molecular weight excluding hydrogens is 236 g/mol. The molecule has 0 amide bonds. The molecule has 1 unspecified atom stereocenters. The molecular formula is C13H13ClN2O. The van der Waals surface area contributed by atoms with Crippen molar-refractivity contribution in [3.63, 3.8) is 0 Å². The van der Waals surface area contributed by atoms with Crippen LogP contribution in [-0.4, -0.2) is 27.1 Å². The third-order valence-electron chi connectivity index (χ3n) is 2.46. The average Bonchev–Trinajstić information content (AvgIpc) is 2.40. The summed E-state index contributed by atoms with van der Waals surface area (Å²) in [7, 11) is 0. The Labute approximate surface area is 105 Å². The topological polar surface area (TPSA) is 46.0 Å². The molecule has 0 saturated heterocycles. The van der Waals surface area contributed by atoms with Crippen LogP contribution < -0.4 is 0 Å². The van der Waals surface area contributed by atoms with Gasteiger partial charge in [0.2, 0.25) is 0 Å². The number of nitrogens with zero attached hydrogens (tertiary/aromatic N) is 2. The van der Waals surface area contributed by atoms with Crippen LogP contribution in [0, 0.1) is 0 Å². The molecule has 2 rings (SSSR count). The van der Waals surface area contributed by atoms with Crippen molar-refractivity contribution in [2.75, 3.05) is 5.88 Å². The van der Waals surface area contributed by atoms with Crippen LogP contribution in [0.3, 0.4) is 0 Å². The van der Waals surface area contributed by atoms with Crippen molar-refractivity contribution in [1.82, 2.24) is 9.97 Å². The number of hydrogen-bond acceptors (Lipinski definition) is 3. The summed E-state index contributed by atoms with van der Waals surface area (Å²) in [6, 6.07) is 7.89. The molecule has 1 N–H and O–H groups in total. The van der Waals surface area contributed by atoms with Gasteiger partial charge in [0.05, 0.1) is 18.0 Å². The van der Waals surface area contributed by atoms with Crippen LogP contribution in [0.25, 0.3) is 11.3 Å². The van der Waals surface area contributed by atoms with Gasteiger partial charge in [0.1, 0.15) is 0 Å². The summed E-state index contributed by atoms with van der Waals surface area (Å²) in [6.45, 7) is 0. The van der Waals surface area contributed by atoms with Crippen LogP contribution in [0.15, 0.2) is 42.9 Å². The molecule has 0 aliphatic carbocycles. The second-order valence-electron chi connectivity index (χ2n) is 3.80. The molecule has 0 spiro atoms. The molecule has 0 saturated carbocycles. The van der Waals surface area contributed by atoms with Gasteiger partial charge in [-0.2, -0.15) is 0 Å². The van der Waals surface area contributed by atoms with E-state index in [0.717, 1.165) is 16.8 Å². The lowest BCUT2D eigenvalue weighted by Crippen LogP contribution is -2.11. The maximum Gasteiger partial charge on any atom is 0.0885 e. The highest BCUT2D eigenvalue weighted by molar-refractivity contribution is 6.18. The minimum absolute atomic E-state index is 0.256. The number of rotatable bonds is 4. The van der Waals surface area contributed by atoms with E-state index in [4.69, 9.17) is 11.6 Å². The van der Waals surface area contributed by atoms with Gasteiger partial charge in [-0.3, -0.25) is 9.97 Å².